The zero-order valence-corrected chi connectivity index (χ0v) is 13.4. The number of benzene rings is 2. The van der Waals surface area contributed by atoms with Crippen molar-refractivity contribution in [2.24, 2.45) is 7.05 Å². The summed E-state index contributed by atoms with van der Waals surface area (Å²) in [6, 6.07) is 15.8. The molecule has 4 nitrogen and oxygen atoms in total. The fourth-order valence-corrected chi connectivity index (χ4v) is 2.67. The average molecular weight is 308 g/mol. The molecule has 0 radical (unpaired) electrons. The van der Waals surface area contributed by atoms with Crippen LogP contribution in [-0.2, 0) is 18.4 Å². The number of amides is 1. The number of carbonyl (C=O) groups excluding carboxylic acids is 1. The molecule has 1 amide bonds. The number of rotatable bonds is 5. The summed E-state index contributed by atoms with van der Waals surface area (Å²) in [4.78, 5) is 12.0. The summed E-state index contributed by atoms with van der Waals surface area (Å²) < 4.78 is 7.63. The zero-order chi connectivity index (χ0) is 16.2. The van der Waals surface area contributed by atoms with E-state index in [-0.39, 0.29) is 12.5 Å². The predicted molar refractivity (Wildman–Crippen MR) is 91.4 cm³/mol. The standard InChI is InChI=1S/C19H20N2O2/c1-14-7-3-6-10-18(14)23-13-19(22)20-11-15-12-21(2)17-9-5-4-8-16(15)17/h3-10,12H,11,13H2,1-2H3,(H,20,22). The van der Waals surface area contributed by atoms with Crippen molar-refractivity contribution in [3.63, 3.8) is 0 Å². The molecule has 3 aromatic rings. The highest BCUT2D eigenvalue weighted by Crippen LogP contribution is 2.20. The van der Waals surface area contributed by atoms with Crippen LogP contribution in [0.5, 0.6) is 5.75 Å². The minimum absolute atomic E-state index is 0.0234. The maximum atomic E-state index is 12.0. The summed E-state index contributed by atoms with van der Waals surface area (Å²) in [6.45, 7) is 2.48. The Balaban J connectivity index is 1.59. The molecule has 3 rings (SSSR count). The van der Waals surface area contributed by atoms with Gasteiger partial charge in [-0.1, -0.05) is 36.4 Å². The highest BCUT2D eigenvalue weighted by atomic mass is 16.5. The molecule has 0 bridgehead atoms. The molecule has 0 atom stereocenters. The van der Waals surface area contributed by atoms with Crippen LogP contribution in [0.1, 0.15) is 11.1 Å². The van der Waals surface area contributed by atoms with Gasteiger partial charge in [-0.2, -0.15) is 0 Å². The molecule has 0 fully saturated rings. The molecule has 1 N–H and O–H groups in total. The maximum Gasteiger partial charge on any atom is 0.258 e. The Kier molecular flexibility index (Phi) is 4.33. The summed E-state index contributed by atoms with van der Waals surface area (Å²) >= 11 is 0. The highest BCUT2D eigenvalue weighted by Gasteiger charge is 2.08. The number of fused-ring (bicyclic) bond motifs is 1. The first-order valence-corrected chi connectivity index (χ1v) is 7.63. The minimum Gasteiger partial charge on any atom is -0.484 e. The van der Waals surface area contributed by atoms with Crippen LogP contribution in [0.2, 0.25) is 0 Å². The molecule has 118 valence electrons. The maximum absolute atomic E-state index is 12.0. The van der Waals surface area contributed by atoms with Gasteiger partial charge in [-0.15, -0.1) is 0 Å². The van der Waals surface area contributed by atoms with Gasteiger partial charge in [0.2, 0.25) is 0 Å². The van der Waals surface area contributed by atoms with E-state index in [2.05, 4.69) is 22.0 Å². The largest absolute Gasteiger partial charge is 0.484 e. The van der Waals surface area contributed by atoms with Crippen LogP contribution < -0.4 is 10.1 Å². The number of aryl methyl sites for hydroxylation is 2. The van der Waals surface area contributed by atoms with Crippen molar-refractivity contribution in [3.05, 3.63) is 65.9 Å². The van der Waals surface area contributed by atoms with Gasteiger partial charge in [0.25, 0.3) is 5.91 Å². The van der Waals surface area contributed by atoms with Crippen molar-refractivity contribution >= 4 is 16.8 Å². The van der Waals surface area contributed by atoms with Crippen molar-refractivity contribution in [1.29, 1.82) is 0 Å². The predicted octanol–water partition coefficient (Wildman–Crippen LogP) is 3.18. The first-order valence-electron chi connectivity index (χ1n) is 7.63. The number of carbonyl (C=O) groups is 1. The van der Waals surface area contributed by atoms with E-state index in [0.29, 0.717) is 6.54 Å². The van der Waals surface area contributed by atoms with Gasteiger partial charge >= 0.3 is 0 Å². The molecular formula is C19H20N2O2. The summed E-state index contributed by atoms with van der Waals surface area (Å²) in [5.74, 6) is 0.619. The summed E-state index contributed by atoms with van der Waals surface area (Å²) in [7, 11) is 2.01. The third-order valence-electron chi connectivity index (χ3n) is 3.91. The number of ether oxygens (including phenoxy) is 1. The van der Waals surface area contributed by atoms with Crippen molar-refractivity contribution < 1.29 is 9.53 Å². The molecule has 1 aromatic heterocycles. The lowest BCUT2D eigenvalue weighted by Crippen LogP contribution is -2.28. The van der Waals surface area contributed by atoms with E-state index in [9.17, 15) is 4.79 Å². The monoisotopic (exact) mass is 308 g/mol. The minimum atomic E-state index is -0.124. The molecule has 1 heterocycles. The Bertz CT molecular complexity index is 836. The lowest BCUT2D eigenvalue weighted by Gasteiger charge is -2.09. The number of para-hydroxylation sites is 2. The Morgan fingerprint density at radius 3 is 2.70 bits per heavy atom. The van der Waals surface area contributed by atoms with Crippen molar-refractivity contribution in [2.75, 3.05) is 6.61 Å². The smallest absolute Gasteiger partial charge is 0.258 e. The van der Waals surface area contributed by atoms with Crippen LogP contribution in [0.4, 0.5) is 0 Å². The van der Waals surface area contributed by atoms with Crippen LogP contribution >= 0.6 is 0 Å². The topological polar surface area (TPSA) is 43.3 Å². The van der Waals surface area contributed by atoms with E-state index >= 15 is 0 Å². The second kappa shape index (κ2) is 6.57. The van der Waals surface area contributed by atoms with Gasteiger partial charge in [0, 0.05) is 30.7 Å². The lowest BCUT2D eigenvalue weighted by molar-refractivity contribution is -0.123. The Labute approximate surface area is 135 Å². The number of nitrogens with one attached hydrogen (secondary N) is 1. The second-order valence-electron chi connectivity index (χ2n) is 5.61. The average Bonchev–Trinajstić information content (AvgIpc) is 2.89. The molecule has 0 aliphatic carbocycles. The molecule has 0 spiro atoms. The fraction of sp³-hybridized carbons (Fsp3) is 0.211. The van der Waals surface area contributed by atoms with Crippen LogP contribution in [0.3, 0.4) is 0 Å². The summed E-state index contributed by atoms with van der Waals surface area (Å²) in [6.07, 6.45) is 2.05. The van der Waals surface area contributed by atoms with Gasteiger partial charge in [0.1, 0.15) is 5.75 Å². The van der Waals surface area contributed by atoms with E-state index in [1.165, 1.54) is 0 Å². The van der Waals surface area contributed by atoms with E-state index in [1.54, 1.807) is 0 Å². The highest BCUT2D eigenvalue weighted by molar-refractivity contribution is 5.84. The van der Waals surface area contributed by atoms with Crippen molar-refractivity contribution in [2.45, 2.75) is 13.5 Å². The molecule has 2 aromatic carbocycles. The van der Waals surface area contributed by atoms with Crippen LogP contribution in [0.15, 0.2) is 54.7 Å². The molecule has 0 aliphatic rings. The molecule has 23 heavy (non-hydrogen) atoms. The van der Waals surface area contributed by atoms with Crippen LogP contribution in [-0.4, -0.2) is 17.1 Å². The van der Waals surface area contributed by atoms with E-state index in [0.717, 1.165) is 27.8 Å². The van der Waals surface area contributed by atoms with Crippen LogP contribution in [0, 0.1) is 6.92 Å². The molecule has 4 heteroatoms. The quantitative estimate of drug-likeness (QED) is 0.786. The van der Waals surface area contributed by atoms with Gasteiger partial charge in [0.15, 0.2) is 6.61 Å². The van der Waals surface area contributed by atoms with Crippen molar-refractivity contribution in [1.82, 2.24) is 9.88 Å². The van der Waals surface area contributed by atoms with E-state index < -0.39 is 0 Å². The first kappa shape index (κ1) is 15.2. The van der Waals surface area contributed by atoms with Crippen molar-refractivity contribution in [3.8, 4) is 5.75 Å². The summed E-state index contributed by atoms with van der Waals surface area (Å²) in [5, 5.41) is 4.08. The van der Waals surface area contributed by atoms with Gasteiger partial charge in [-0.25, -0.2) is 0 Å². The zero-order valence-electron chi connectivity index (χ0n) is 13.4. The Hall–Kier alpha value is -2.75. The Morgan fingerprint density at radius 1 is 1.13 bits per heavy atom. The third-order valence-corrected chi connectivity index (χ3v) is 3.91. The second-order valence-corrected chi connectivity index (χ2v) is 5.61. The third kappa shape index (κ3) is 3.37. The molecule has 0 saturated heterocycles. The number of hydrogen-bond acceptors (Lipinski definition) is 2. The summed E-state index contributed by atoms with van der Waals surface area (Å²) in [5.41, 5.74) is 3.29. The number of nitrogens with zero attached hydrogens (tertiary/aromatic N) is 1. The van der Waals surface area contributed by atoms with Gasteiger partial charge in [0.05, 0.1) is 0 Å². The van der Waals surface area contributed by atoms with Gasteiger partial charge in [-0.3, -0.25) is 4.79 Å². The Morgan fingerprint density at radius 2 is 1.87 bits per heavy atom. The van der Waals surface area contributed by atoms with Gasteiger partial charge < -0.3 is 14.6 Å². The molecular weight excluding hydrogens is 288 g/mol. The van der Waals surface area contributed by atoms with E-state index in [1.807, 2.05) is 56.6 Å². The fourth-order valence-electron chi connectivity index (χ4n) is 2.67. The SMILES string of the molecule is Cc1ccccc1OCC(=O)NCc1cn(C)c2ccccc12. The molecule has 0 unspecified atom stereocenters. The number of aromatic nitrogens is 1. The molecule has 0 aliphatic heterocycles. The molecule has 0 saturated carbocycles. The lowest BCUT2D eigenvalue weighted by atomic mass is 10.2. The number of hydrogen-bond donors (Lipinski definition) is 1. The van der Waals surface area contributed by atoms with Gasteiger partial charge in [-0.05, 0) is 30.2 Å². The van der Waals surface area contributed by atoms with E-state index in [4.69, 9.17) is 4.74 Å². The first-order chi connectivity index (χ1) is 11.1. The van der Waals surface area contributed by atoms with Crippen LogP contribution in [0.25, 0.3) is 10.9 Å². The normalized spacial score (nSPS) is 10.7.